The van der Waals surface area contributed by atoms with Crippen LogP contribution in [-0.2, 0) is 4.79 Å². The van der Waals surface area contributed by atoms with Crippen molar-refractivity contribution in [1.29, 1.82) is 5.26 Å². The first-order valence-electron chi connectivity index (χ1n) is 2.62. The topological polar surface area (TPSA) is 52.9 Å². The van der Waals surface area contributed by atoms with E-state index in [1.165, 1.54) is 6.07 Å². The summed E-state index contributed by atoms with van der Waals surface area (Å²) in [5, 5.41) is 10.5. The maximum Gasteiger partial charge on any atom is 0.281 e. The number of hydrogen-bond acceptors (Lipinski definition) is 2. The highest BCUT2D eigenvalue weighted by Crippen LogP contribution is 2.18. The standard InChI is InChI=1S/C5H6Cl2N2O/c1-2-9-4(10)5(6,7)3-8/h2H2,1H3,(H,9,10). The summed E-state index contributed by atoms with van der Waals surface area (Å²) in [4.78, 5) is 10.7. The fraction of sp³-hybridized carbons (Fsp3) is 0.600. The van der Waals surface area contributed by atoms with Gasteiger partial charge in [0, 0.05) is 6.54 Å². The predicted octanol–water partition coefficient (Wildman–Crippen LogP) is 0.820. The molecule has 0 unspecified atom stereocenters. The van der Waals surface area contributed by atoms with Gasteiger partial charge >= 0.3 is 0 Å². The minimum absolute atomic E-state index is 0.404. The van der Waals surface area contributed by atoms with Crippen LogP contribution in [0.1, 0.15) is 6.92 Å². The van der Waals surface area contributed by atoms with Gasteiger partial charge in [-0.2, -0.15) is 5.26 Å². The van der Waals surface area contributed by atoms with E-state index in [0.29, 0.717) is 6.54 Å². The van der Waals surface area contributed by atoms with E-state index in [1.54, 1.807) is 6.92 Å². The Morgan fingerprint density at radius 1 is 1.80 bits per heavy atom. The minimum Gasteiger partial charge on any atom is -0.353 e. The molecule has 0 saturated carbocycles. The average Bonchev–Trinajstić information content (AvgIpc) is 1.89. The molecule has 3 nitrogen and oxygen atoms in total. The van der Waals surface area contributed by atoms with Gasteiger partial charge < -0.3 is 5.32 Å². The molecule has 0 heterocycles. The zero-order valence-electron chi connectivity index (χ0n) is 5.32. The van der Waals surface area contributed by atoms with Crippen LogP contribution >= 0.6 is 23.2 Å². The highest BCUT2D eigenvalue weighted by Gasteiger charge is 2.32. The van der Waals surface area contributed by atoms with Crippen molar-refractivity contribution in [1.82, 2.24) is 5.32 Å². The molecule has 10 heavy (non-hydrogen) atoms. The van der Waals surface area contributed by atoms with E-state index in [4.69, 9.17) is 28.5 Å². The van der Waals surface area contributed by atoms with Crippen LogP contribution in [0.25, 0.3) is 0 Å². The Balaban J connectivity index is 4.09. The molecule has 1 amide bonds. The van der Waals surface area contributed by atoms with Crippen LogP contribution in [0.5, 0.6) is 0 Å². The van der Waals surface area contributed by atoms with E-state index < -0.39 is 10.2 Å². The van der Waals surface area contributed by atoms with Crippen LogP contribution in [0.2, 0.25) is 0 Å². The molecule has 0 spiro atoms. The van der Waals surface area contributed by atoms with Gasteiger partial charge in [-0.1, -0.05) is 23.2 Å². The second-order valence-corrected chi connectivity index (χ2v) is 2.87. The summed E-state index contributed by atoms with van der Waals surface area (Å²) in [7, 11) is 0. The lowest BCUT2D eigenvalue weighted by Gasteiger charge is -2.08. The summed E-state index contributed by atoms with van der Waals surface area (Å²) in [6.07, 6.45) is 0. The van der Waals surface area contributed by atoms with Crippen LogP contribution in [0, 0.1) is 11.3 Å². The number of carbonyl (C=O) groups is 1. The Morgan fingerprint density at radius 3 is 2.60 bits per heavy atom. The van der Waals surface area contributed by atoms with Crippen LogP contribution < -0.4 is 5.32 Å². The van der Waals surface area contributed by atoms with Crippen molar-refractivity contribution in [2.45, 2.75) is 11.3 Å². The highest BCUT2D eigenvalue weighted by atomic mass is 35.5. The molecule has 0 aliphatic rings. The van der Waals surface area contributed by atoms with Gasteiger partial charge in [0.1, 0.15) is 6.07 Å². The van der Waals surface area contributed by atoms with E-state index >= 15 is 0 Å². The second kappa shape index (κ2) is 3.65. The molecule has 0 atom stereocenters. The Morgan fingerprint density at radius 2 is 2.30 bits per heavy atom. The Hall–Kier alpha value is -0.460. The zero-order valence-corrected chi connectivity index (χ0v) is 6.83. The molecule has 0 saturated heterocycles. The molecule has 5 heteroatoms. The number of nitrogens with zero attached hydrogens (tertiary/aromatic N) is 1. The molecule has 0 aromatic rings. The smallest absolute Gasteiger partial charge is 0.281 e. The Kier molecular flexibility index (Phi) is 3.48. The van der Waals surface area contributed by atoms with E-state index in [1.807, 2.05) is 0 Å². The number of amides is 1. The number of halogens is 2. The minimum atomic E-state index is -1.95. The molecule has 0 bridgehead atoms. The van der Waals surface area contributed by atoms with Crippen molar-refractivity contribution < 1.29 is 4.79 Å². The fourth-order valence-corrected chi connectivity index (χ4v) is 0.456. The summed E-state index contributed by atoms with van der Waals surface area (Å²) >= 11 is 10.5. The maximum atomic E-state index is 10.7. The largest absolute Gasteiger partial charge is 0.353 e. The van der Waals surface area contributed by atoms with Crippen molar-refractivity contribution in [3.8, 4) is 6.07 Å². The molecular weight excluding hydrogens is 175 g/mol. The third-order valence-electron chi connectivity index (χ3n) is 0.763. The van der Waals surface area contributed by atoms with Crippen LogP contribution in [-0.4, -0.2) is 16.8 Å². The number of hydrogen-bond donors (Lipinski definition) is 1. The van der Waals surface area contributed by atoms with Gasteiger partial charge in [0.15, 0.2) is 0 Å². The lowest BCUT2D eigenvalue weighted by atomic mass is 10.4. The van der Waals surface area contributed by atoms with Gasteiger partial charge in [0.2, 0.25) is 0 Å². The van der Waals surface area contributed by atoms with Gasteiger partial charge in [-0.25, -0.2) is 0 Å². The molecule has 0 rings (SSSR count). The molecule has 0 aliphatic carbocycles. The number of alkyl halides is 2. The predicted molar refractivity (Wildman–Crippen MR) is 38.7 cm³/mol. The molecule has 0 aromatic heterocycles. The first kappa shape index (κ1) is 9.54. The molecule has 56 valence electrons. The summed E-state index contributed by atoms with van der Waals surface area (Å²) in [5.41, 5.74) is 0. The zero-order chi connectivity index (χ0) is 8.20. The van der Waals surface area contributed by atoms with Gasteiger partial charge in [-0.3, -0.25) is 4.79 Å². The average molecular weight is 181 g/mol. The number of carbonyl (C=O) groups excluding carboxylic acids is 1. The van der Waals surface area contributed by atoms with Crippen molar-refractivity contribution in [3.05, 3.63) is 0 Å². The first-order valence-corrected chi connectivity index (χ1v) is 3.37. The number of rotatable bonds is 2. The van der Waals surface area contributed by atoms with Gasteiger partial charge in [-0.05, 0) is 6.92 Å². The van der Waals surface area contributed by atoms with E-state index in [0.717, 1.165) is 0 Å². The van der Waals surface area contributed by atoms with Gasteiger partial charge in [-0.15, -0.1) is 0 Å². The summed E-state index contributed by atoms with van der Waals surface area (Å²) in [6.45, 7) is 2.11. The van der Waals surface area contributed by atoms with Gasteiger partial charge in [0.25, 0.3) is 10.2 Å². The second-order valence-electron chi connectivity index (χ2n) is 1.55. The van der Waals surface area contributed by atoms with Crippen LogP contribution in [0.15, 0.2) is 0 Å². The molecule has 1 N–H and O–H groups in total. The summed E-state index contributed by atoms with van der Waals surface area (Å²) in [6, 6.07) is 1.44. The Bertz CT molecular complexity index is 173. The first-order chi connectivity index (χ1) is 4.54. The molecule has 0 aromatic carbocycles. The van der Waals surface area contributed by atoms with Crippen molar-refractivity contribution in [2.75, 3.05) is 6.54 Å². The van der Waals surface area contributed by atoms with E-state index in [9.17, 15) is 4.79 Å². The van der Waals surface area contributed by atoms with Crippen molar-refractivity contribution in [2.24, 2.45) is 0 Å². The van der Waals surface area contributed by atoms with Crippen molar-refractivity contribution in [3.63, 3.8) is 0 Å². The Labute approximate surface area is 68.9 Å². The van der Waals surface area contributed by atoms with Crippen LogP contribution in [0.4, 0.5) is 0 Å². The lowest BCUT2D eigenvalue weighted by molar-refractivity contribution is -0.120. The third-order valence-corrected chi connectivity index (χ3v) is 1.28. The molecular formula is C5H6Cl2N2O. The molecule has 0 fully saturated rings. The highest BCUT2D eigenvalue weighted by molar-refractivity contribution is 6.60. The maximum absolute atomic E-state index is 10.7. The monoisotopic (exact) mass is 180 g/mol. The third kappa shape index (κ3) is 2.42. The quantitative estimate of drug-likeness (QED) is 0.641. The molecule has 0 aliphatic heterocycles. The van der Waals surface area contributed by atoms with Gasteiger partial charge in [0.05, 0.1) is 0 Å². The van der Waals surface area contributed by atoms with E-state index in [2.05, 4.69) is 5.32 Å². The number of nitriles is 1. The SMILES string of the molecule is CCNC(=O)C(Cl)(Cl)C#N. The van der Waals surface area contributed by atoms with Crippen molar-refractivity contribution >= 4 is 29.1 Å². The van der Waals surface area contributed by atoms with Crippen LogP contribution in [0.3, 0.4) is 0 Å². The fourth-order valence-electron chi connectivity index (χ4n) is 0.322. The molecule has 0 radical (unpaired) electrons. The summed E-state index contributed by atoms with van der Waals surface area (Å²) in [5.74, 6) is -0.680. The summed E-state index contributed by atoms with van der Waals surface area (Å²) < 4.78 is -1.95. The van der Waals surface area contributed by atoms with E-state index in [-0.39, 0.29) is 0 Å². The normalized spacial score (nSPS) is 10.2. The lowest BCUT2D eigenvalue weighted by Crippen LogP contribution is -2.37. The number of nitrogens with one attached hydrogen (secondary N) is 1.